The van der Waals surface area contributed by atoms with Crippen LogP contribution in [0.1, 0.15) is 22.4 Å². The molecular weight excluding hydrogens is 336 g/mol. The van der Waals surface area contributed by atoms with E-state index in [1.807, 2.05) is 17.5 Å². The SMILES string of the molecule is COC(=O)c1cc(-c2cccs2)nc([C@@H]2O[C@H](CO)[C@@H](O)[C@H]2O)n1. The summed E-state index contributed by atoms with van der Waals surface area (Å²) in [5, 5.41) is 31.1. The molecule has 0 aromatic carbocycles. The van der Waals surface area contributed by atoms with Gasteiger partial charge in [-0.05, 0) is 17.5 Å². The largest absolute Gasteiger partial charge is 0.464 e. The van der Waals surface area contributed by atoms with Gasteiger partial charge < -0.3 is 24.8 Å². The van der Waals surface area contributed by atoms with Gasteiger partial charge in [0.1, 0.15) is 24.4 Å². The average Bonchev–Trinajstić information content (AvgIpc) is 3.23. The normalized spacial score (nSPS) is 26.5. The van der Waals surface area contributed by atoms with Crippen LogP contribution in [0.5, 0.6) is 0 Å². The van der Waals surface area contributed by atoms with Crippen LogP contribution in [-0.4, -0.2) is 63.3 Å². The van der Waals surface area contributed by atoms with Gasteiger partial charge in [-0.2, -0.15) is 0 Å². The van der Waals surface area contributed by atoms with Crippen molar-refractivity contribution in [2.75, 3.05) is 13.7 Å². The molecule has 1 saturated heterocycles. The molecule has 4 atom stereocenters. The molecule has 3 rings (SSSR count). The smallest absolute Gasteiger partial charge is 0.356 e. The maximum Gasteiger partial charge on any atom is 0.356 e. The van der Waals surface area contributed by atoms with Crippen LogP contribution >= 0.6 is 11.3 Å². The van der Waals surface area contributed by atoms with E-state index in [-0.39, 0.29) is 11.5 Å². The third kappa shape index (κ3) is 3.04. The second-order valence-electron chi connectivity index (χ2n) is 5.22. The van der Waals surface area contributed by atoms with Gasteiger partial charge in [-0.3, -0.25) is 0 Å². The zero-order valence-corrected chi connectivity index (χ0v) is 13.5. The molecule has 128 valence electrons. The first-order chi connectivity index (χ1) is 11.5. The van der Waals surface area contributed by atoms with E-state index < -0.39 is 37.0 Å². The molecule has 9 heteroatoms. The lowest BCUT2D eigenvalue weighted by Crippen LogP contribution is -2.32. The molecule has 3 N–H and O–H groups in total. The van der Waals surface area contributed by atoms with Crippen molar-refractivity contribution in [2.24, 2.45) is 0 Å². The molecule has 24 heavy (non-hydrogen) atoms. The number of carbonyl (C=O) groups is 1. The fraction of sp³-hybridized carbons (Fsp3) is 0.400. The summed E-state index contributed by atoms with van der Waals surface area (Å²) in [5.74, 6) is -0.605. The number of aliphatic hydroxyl groups excluding tert-OH is 3. The third-order valence-electron chi connectivity index (χ3n) is 3.71. The highest BCUT2D eigenvalue weighted by Crippen LogP contribution is 2.33. The number of methoxy groups -OCH3 is 1. The maximum absolute atomic E-state index is 11.9. The Morgan fingerprint density at radius 2 is 2.17 bits per heavy atom. The van der Waals surface area contributed by atoms with Crippen LogP contribution in [-0.2, 0) is 9.47 Å². The lowest BCUT2D eigenvalue weighted by atomic mass is 10.1. The van der Waals surface area contributed by atoms with Gasteiger partial charge in [0.2, 0.25) is 0 Å². The number of aliphatic hydroxyl groups is 3. The van der Waals surface area contributed by atoms with Crippen molar-refractivity contribution in [2.45, 2.75) is 24.4 Å². The highest BCUT2D eigenvalue weighted by Gasteiger charge is 2.44. The zero-order chi connectivity index (χ0) is 17.3. The summed E-state index contributed by atoms with van der Waals surface area (Å²) in [4.78, 5) is 21.1. The first-order valence-corrected chi connectivity index (χ1v) is 8.06. The van der Waals surface area contributed by atoms with Crippen LogP contribution < -0.4 is 0 Å². The predicted octanol–water partition coefficient (Wildman–Crippen LogP) is 0.146. The monoisotopic (exact) mass is 352 g/mol. The summed E-state index contributed by atoms with van der Waals surface area (Å²) in [6, 6.07) is 5.16. The summed E-state index contributed by atoms with van der Waals surface area (Å²) in [5.41, 5.74) is 0.497. The second kappa shape index (κ2) is 6.91. The summed E-state index contributed by atoms with van der Waals surface area (Å²) >= 11 is 1.43. The number of carbonyl (C=O) groups excluding carboxylic acids is 1. The van der Waals surface area contributed by atoms with E-state index in [1.54, 1.807) is 0 Å². The van der Waals surface area contributed by atoms with Crippen molar-refractivity contribution in [3.8, 4) is 10.6 Å². The predicted molar refractivity (Wildman–Crippen MR) is 83.4 cm³/mol. The van der Waals surface area contributed by atoms with Crippen LogP contribution in [0.25, 0.3) is 10.6 Å². The van der Waals surface area contributed by atoms with Crippen LogP contribution in [0.4, 0.5) is 0 Å². The summed E-state index contributed by atoms with van der Waals surface area (Å²) in [6.07, 6.45) is -4.58. The number of hydrogen-bond acceptors (Lipinski definition) is 9. The van der Waals surface area contributed by atoms with Gasteiger partial charge in [-0.25, -0.2) is 14.8 Å². The average molecular weight is 352 g/mol. The molecule has 0 amide bonds. The fourth-order valence-electron chi connectivity index (χ4n) is 2.47. The molecular formula is C15H16N2O6S. The topological polar surface area (TPSA) is 122 Å². The molecule has 3 heterocycles. The van der Waals surface area contributed by atoms with E-state index in [4.69, 9.17) is 9.47 Å². The van der Waals surface area contributed by atoms with E-state index in [2.05, 4.69) is 9.97 Å². The Kier molecular flexibility index (Phi) is 4.88. The summed E-state index contributed by atoms with van der Waals surface area (Å²) < 4.78 is 10.1. The number of thiophene rings is 1. The minimum absolute atomic E-state index is 0.0173. The second-order valence-corrected chi connectivity index (χ2v) is 6.17. The minimum atomic E-state index is -1.31. The van der Waals surface area contributed by atoms with Gasteiger partial charge in [0.05, 0.1) is 24.3 Å². The standard InChI is InChI=1S/C15H16N2O6S/c1-22-15(21)8-5-7(10-3-2-4-24-10)16-14(17-8)13-12(20)11(19)9(6-18)23-13/h2-5,9,11-13,18-20H,6H2,1H3/t9-,11-,12-,13-/m1/s1. The summed E-state index contributed by atoms with van der Waals surface area (Å²) in [6.45, 7) is -0.455. The van der Waals surface area contributed by atoms with Crippen molar-refractivity contribution in [1.82, 2.24) is 9.97 Å². The Labute approximate surface area is 141 Å². The fourth-order valence-corrected chi connectivity index (χ4v) is 3.15. The molecule has 2 aromatic heterocycles. The van der Waals surface area contributed by atoms with E-state index in [1.165, 1.54) is 24.5 Å². The molecule has 1 fully saturated rings. The Morgan fingerprint density at radius 3 is 2.75 bits per heavy atom. The molecule has 0 saturated carbocycles. The number of nitrogens with zero attached hydrogens (tertiary/aromatic N) is 2. The van der Waals surface area contributed by atoms with Gasteiger partial charge in [0.25, 0.3) is 0 Å². The molecule has 0 aliphatic carbocycles. The lowest BCUT2D eigenvalue weighted by Gasteiger charge is -2.15. The van der Waals surface area contributed by atoms with E-state index in [0.29, 0.717) is 5.69 Å². The molecule has 0 radical (unpaired) electrons. The maximum atomic E-state index is 11.9. The molecule has 1 aliphatic heterocycles. The van der Waals surface area contributed by atoms with E-state index in [9.17, 15) is 20.1 Å². The van der Waals surface area contributed by atoms with Crippen molar-refractivity contribution in [3.63, 3.8) is 0 Å². The molecule has 1 aliphatic rings. The van der Waals surface area contributed by atoms with Gasteiger partial charge in [-0.1, -0.05) is 6.07 Å². The van der Waals surface area contributed by atoms with Gasteiger partial charge in [-0.15, -0.1) is 11.3 Å². The van der Waals surface area contributed by atoms with Crippen molar-refractivity contribution < 1.29 is 29.6 Å². The summed E-state index contributed by atoms with van der Waals surface area (Å²) in [7, 11) is 1.24. The van der Waals surface area contributed by atoms with Crippen LogP contribution in [0, 0.1) is 0 Å². The van der Waals surface area contributed by atoms with Crippen LogP contribution in [0.3, 0.4) is 0 Å². The Hall–Kier alpha value is -1.91. The highest BCUT2D eigenvalue weighted by atomic mass is 32.1. The number of aromatic nitrogens is 2. The van der Waals surface area contributed by atoms with Gasteiger partial charge in [0.15, 0.2) is 11.5 Å². The number of rotatable bonds is 4. The number of esters is 1. The van der Waals surface area contributed by atoms with Crippen LogP contribution in [0.2, 0.25) is 0 Å². The Morgan fingerprint density at radius 1 is 1.38 bits per heavy atom. The molecule has 2 aromatic rings. The van der Waals surface area contributed by atoms with E-state index >= 15 is 0 Å². The number of ether oxygens (including phenoxy) is 2. The molecule has 0 spiro atoms. The molecule has 0 bridgehead atoms. The number of hydrogen-bond donors (Lipinski definition) is 3. The van der Waals surface area contributed by atoms with Gasteiger partial charge in [0, 0.05) is 0 Å². The molecule has 0 unspecified atom stereocenters. The molecule has 8 nitrogen and oxygen atoms in total. The van der Waals surface area contributed by atoms with Crippen LogP contribution in [0.15, 0.2) is 23.6 Å². The van der Waals surface area contributed by atoms with Crippen molar-refractivity contribution in [1.29, 1.82) is 0 Å². The lowest BCUT2D eigenvalue weighted by molar-refractivity contribution is -0.0253. The Bertz CT molecular complexity index is 723. The quantitative estimate of drug-likeness (QED) is 0.665. The Balaban J connectivity index is 2.04. The highest BCUT2D eigenvalue weighted by molar-refractivity contribution is 7.13. The zero-order valence-electron chi connectivity index (χ0n) is 12.7. The van der Waals surface area contributed by atoms with Gasteiger partial charge >= 0.3 is 5.97 Å². The first kappa shape index (κ1) is 16.9. The minimum Gasteiger partial charge on any atom is -0.464 e. The first-order valence-electron chi connectivity index (χ1n) is 7.18. The van der Waals surface area contributed by atoms with Crippen molar-refractivity contribution in [3.05, 3.63) is 35.1 Å². The van der Waals surface area contributed by atoms with E-state index in [0.717, 1.165) is 4.88 Å². The third-order valence-corrected chi connectivity index (χ3v) is 4.60. The van der Waals surface area contributed by atoms with Crippen molar-refractivity contribution >= 4 is 17.3 Å².